The smallest absolute Gasteiger partial charge is 0.0406 e. The van der Waals surface area contributed by atoms with E-state index in [9.17, 15) is 0 Å². The summed E-state index contributed by atoms with van der Waals surface area (Å²) in [6.07, 6.45) is 0.804. The number of rotatable bonds is 5. The zero-order valence-corrected chi connectivity index (χ0v) is 13.0. The molecule has 0 bridgehead atoms. The summed E-state index contributed by atoms with van der Waals surface area (Å²) in [4.78, 5) is 2.34. The molecule has 20 heavy (non-hydrogen) atoms. The first-order valence-electron chi connectivity index (χ1n) is 6.48. The summed E-state index contributed by atoms with van der Waals surface area (Å²) in [5, 5.41) is 0.751. The van der Waals surface area contributed by atoms with Gasteiger partial charge in [0.25, 0.3) is 0 Å². The SMILES string of the molecule is C=C(C)C[C@H](N)c1ccccc1Sc1ccc(Cl)cc1. The molecule has 0 spiro atoms. The zero-order valence-electron chi connectivity index (χ0n) is 11.5. The Bertz CT molecular complexity index is 592. The molecular weight excluding hydrogens is 286 g/mol. The number of hydrogen-bond acceptors (Lipinski definition) is 2. The van der Waals surface area contributed by atoms with Crippen LogP contribution < -0.4 is 5.73 Å². The first-order chi connectivity index (χ1) is 9.56. The van der Waals surface area contributed by atoms with Crippen LogP contribution in [0.2, 0.25) is 5.02 Å². The highest BCUT2D eigenvalue weighted by Gasteiger charge is 2.11. The summed E-state index contributed by atoms with van der Waals surface area (Å²) in [6, 6.07) is 16.1. The Labute approximate surface area is 129 Å². The topological polar surface area (TPSA) is 26.0 Å². The van der Waals surface area contributed by atoms with E-state index in [2.05, 4.69) is 18.7 Å². The Balaban J connectivity index is 2.23. The first-order valence-corrected chi connectivity index (χ1v) is 7.68. The first kappa shape index (κ1) is 15.2. The minimum absolute atomic E-state index is 0.0106. The third-order valence-corrected chi connectivity index (χ3v) is 4.28. The molecule has 1 atom stereocenters. The van der Waals surface area contributed by atoms with Crippen molar-refractivity contribution in [2.24, 2.45) is 5.73 Å². The average molecular weight is 304 g/mol. The second-order valence-electron chi connectivity index (χ2n) is 4.86. The lowest BCUT2D eigenvalue weighted by atomic mass is 10.0. The monoisotopic (exact) mass is 303 g/mol. The minimum atomic E-state index is -0.0106. The molecule has 0 fully saturated rings. The van der Waals surface area contributed by atoms with Crippen molar-refractivity contribution < 1.29 is 0 Å². The molecule has 0 radical (unpaired) electrons. The Kier molecular flexibility index (Phi) is 5.30. The molecule has 104 valence electrons. The molecule has 3 heteroatoms. The third-order valence-electron chi connectivity index (χ3n) is 2.93. The predicted molar refractivity (Wildman–Crippen MR) is 88.4 cm³/mol. The molecule has 2 aromatic carbocycles. The number of benzene rings is 2. The van der Waals surface area contributed by atoms with Crippen molar-refractivity contribution in [1.29, 1.82) is 0 Å². The van der Waals surface area contributed by atoms with E-state index in [0.29, 0.717) is 0 Å². The van der Waals surface area contributed by atoms with Crippen LogP contribution in [0.1, 0.15) is 24.9 Å². The highest BCUT2D eigenvalue weighted by atomic mass is 35.5. The Morgan fingerprint density at radius 3 is 2.50 bits per heavy atom. The van der Waals surface area contributed by atoms with Crippen molar-refractivity contribution in [3.05, 3.63) is 71.3 Å². The van der Waals surface area contributed by atoms with Gasteiger partial charge in [0.15, 0.2) is 0 Å². The van der Waals surface area contributed by atoms with Crippen LogP contribution >= 0.6 is 23.4 Å². The standard InChI is InChI=1S/C17H18ClNS/c1-12(2)11-16(19)15-5-3-4-6-17(15)20-14-9-7-13(18)8-10-14/h3-10,16H,1,11,19H2,2H3/t16-/m0/s1. The maximum atomic E-state index is 6.28. The largest absolute Gasteiger partial charge is 0.324 e. The molecule has 0 amide bonds. The third kappa shape index (κ3) is 4.14. The van der Waals surface area contributed by atoms with Gasteiger partial charge in [-0.05, 0) is 49.2 Å². The highest BCUT2D eigenvalue weighted by Crippen LogP contribution is 2.34. The van der Waals surface area contributed by atoms with Crippen LogP contribution in [-0.2, 0) is 0 Å². The van der Waals surface area contributed by atoms with Gasteiger partial charge in [0.2, 0.25) is 0 Å². The lowest BCUT2D eigenvalue weighted by Gasteiger charge is -2.16. The maximum absolute atomic E-state index is 6.28. The van der Waals surface area contributed by atoms with E-state index in [-0.39, 0.29) is 6.04 Å². The van der Waals surface area contributed by atoms with Crippen molar-refractivity contribution in [3.8, 4) is 0 Å². The van der Waals surface area contributed by atoms with Crippen molar-refractivity contribution in [2.75, 3.05) is 0 Å². The molecule has 0 aliphatic carbocycles. The predicted octanol–water partition coefficient (Wildman–Crippen LogP) is 5.46. The molecule has 2 rings (SSSR count). The van der Waals surface area contributed by atoms with Gasteiger partial charge in [-0.1, -0.05) is 47.1 Å². The van der Waals surface area contributed by atoms with E-state index < -0.39 is 0 Å². The fourth-order valence-corrected chi connectivity index (χ4v) is 3.13. The summed E-state index contributed by atoms with van der Waals surface area (Å²) in [5.74, 6) is 0. The van der Waals surface area contributed by atoms with Gasteiger partial charge < -0.3 is 5.73 Å². The maximum Gasteiger partial charge on any atom is 0.0406 e. The minimum Gasteiger partial charge on any atom is -0.324 e. The van der Waals surface area contributed by atoms with Gasteiger partial charge in [-0.3, -0.25) is 0 Å². The van der Waals surface area contributed by atoms with Gasteiger partial charge in [0.05, 0.1) is 0 Å². The van der Waals surface area contributed by atoms with Gasteiger partial charge in [0, 0.05) is 20.9 Å². The lowest BCUT2D eigenvalue weighted by Crippen LogP contribution is -2.11. The van der Waals surface area contributed by atoms with Crippen LogP contribution in [0, 0.1) is 0 Å². The fraction of sp³-hybridized carbons (Fsp3) is 0.176. The summed E-state index contributed by atoms with van der Waals surface area (Å²) in [7, 11) is 0. The normalized spacial score (nSPS) is 12.2. The van der Waals surface area contributed by atoms with Crippen LogP contribution in [0.4, 0.5) is 0 Å². The summed E-state index contributed by atoms with van der Waals surface area (Å²) in [6.45, 7) is 5.95. The second-order valence-corrected chi connectivity index (χ2v) is 6.41. The fourth-order valence-electron chi connectivity index (χ4n) is 1.99. The molecule has 0 aliphatic heterocycles. The van der Waals surface area contributed by atoms with Crippen molar-refractivity contribution in [2.45, 2.75) is 29.2 Å². The van der Waals surface area contributed by atoms with E-state index in [1.54, 1.807) is 11.8 Å². The van der Waals surface area contributed by atoms with Gasteiger partial charge in [-0.2, -0.15) is 0 Å². The molecule has 0 aromatic heterocycles. The van der Waals surface area contributed by atoms with Crippen LogP contribution in [0.25, 0.3) is 0 Å². The van der Waals surface area contributed by atoms with E-state index in [1.807, 2.05) is 43.3 Å². The Morgan fingerprint density at radius 2 is 1.85 bits per heavy atom. The van der Waals surface area contributed by atoms with Gasteiger partial charge in [-0.25, -0.2) is 0 Å². The van der Waals surface area contributed by atoms with E-state index >= 15 is 0 Å². The molecule has 0 heterocycles. The Hall–Kier alpha value is -1.22. The van der Waals surface area contributed by atoms with Crippen LogP contribution in [0.15, 0.2) is 70.5 Å². The van der Waals surface area contributed by atoms with Crippen molar-refractivity contribution in [1.82, 2.24) is 0 Å². The average Bonchev–Trinajstić information content (AvgIpc) is 2.41. The number of halogens is 1. The van der Waals surface area contributed by atoms with Gasteiger partial charge in [0.1, 0.15) is 0 Å². The van der Waals surface area contributed by atoms with Crippen molar-refractivity contribution in [3.63, 3.8) is 0 Å². The van der Waals surface area contributed by atoms with Gasteiger partial charge >= 0.3 is 0 Å². The quantitative estimate of drug-likeness (QED) is 0.742. The van der Waals surface area contributed by atoms with E-state index in [4.69, 9.17) is 17.3 Å². The van der Waals surface area contributed by atoms with Crippen LogP contribution in [0.3, 0.4) is 0 Å². The Morgan fingerprint density at radius 1 is 1.20 bits per heavy atom. The molecule has 0 unspecified atom stereocenters. The summed E-state index contributed by atoms with van der Waals surface area (Å²) < 4.78 is 0. The number of nitrogens with two attached hydrogens (primary N) is 1. The van der Waals surface area contributed by atoms with E-state index in [1.165, 1.54) is 4.90 Å². The number of hydrogen-bond donors (Lipinski definition) is 1. The van der Waals surface area contributed by atoms with Crippen LogP contribution in [0.5, 0.6) is 0 Å². The summed E-state index contributed by atoms with van der Waals surface area (Å²) in [5.41, 5.74) is 8.54. The molecular formula is C17H18ClNS. The summed E-state index contributed by atoms with van der Waals surface area (Å²) >= 11 is 7.62. The second kappa shape index (κ2) is 6.98. The molecule has 2 aromatic rings. The molecule has 1 nitrogen and oxygen atoms in total. The van der Waals surface area contributed by atoms with Crippen LogP contribution in [-0.4, -0.2) is 0 Å². The zero-order chi connectivity index (χ0) is 14.5. The molecule has 0 saturated carbocycles. The molecule has 0 aliphatic rings. The highest BCUT2D eigenvalue weighted by molar-refractivity contribution is 7.99. The molecule has 0 saturated heterocycles. The van der Waals surface area contributed by atoms with Crippen molar-refractivity contribution >= 4 is 23.4 Å². The molecule has 2 N–H and O–H groups in total. The van der Waals surface area contributed by atoms with Gasteiger partial charge in [-0.15, -0.1) is 6.58 Å². The lowest BCUT2D eigenvalue weighted by molar-refractivity contribution is 0.703. The van der Waals surface area contributed by atoms with E-state index in [0.717, 1.165) is 27.5 Å².